The number of anilines is 1. The zero-order chi connectivity index (χ0) is 18.4. The molecule has 1 fully saturated rings. The van der Waals surface area contributed by atoms with Gasteiger partial charge in [-0.2, -0.15) is 5.10 Å². The van der Waals surface area contributed by atoms with Crippen LogP contribution in [0.1, 0.15) is 12.8 Å². The molecule has 3 rings (SSSR count). The van der Waals surface area contributed by atoms with Crippen molar-refractivity contribution >= 4 is 17.8 Å². The van der Waals surface area contributed by atoms with Gasteiger partial charge in [0.15, 0.2) is 0 Å². The highest BCUT2D eigenvalue weighted by Crippen LogP contribution is 2.34. The van der Waals surface area contributed by atoms with Crippen molar-refractivity contribution < 1.29 is 9.53 Å². The zero-order valence-electron chi connectivity index (χ0n) is 15.4. The van der Waals surface area contributed by atoms with Gasteiger partial charge in [0.05, 0.1) is 13.2 Å². The Kier molecular flexibility index (Phi) is 6.07. The minimum atomic E-state index is -0.0226. The Bertz CT molecular complexity index is 717. The fourth-order valence-electron chi connectivity index (χ4n) is 3.24. The number of hydrogen-bond donors (Lipinski definition) is 1. The van der Waals surface area contributed by atoms with Crippen molar-refractivity contribution in [3.8, 4) is 0 Å². The maximum absolute atomic E-state index is 12.9. The van der Waals surface area contributed by atoms with Crippen LogP contribution in [0.3, 0.4) is 0 Å². The van der Waals surface area contributed by atoms with Crippen LogP contribution < -0.4 is 5.32 Å². The van der Waals surface area contributed by atoms with Gasteiger partial charge in [-0.05, 0) is 36.6 Å². The molecule has 0 radical (unpaired) electrons. The molecule has 26 heavy (non-hydrogen) atoms. The second-order valence-electron chi connectivity index (χ2n) is 6.55. The summed E-state index contributed by atoms with van der Waals surface area (Å²) >= 11 is 0. The number of allylic oxidation sites excluding steroid dienone is 2. The van der Waals surface area contributed by atoms with Crippen LogP contribution in [0.2, 0.25) is 0 Å². The summed E-state index contributed by atoms with van der Waals surface area (Å²) in [5, 5.41) is 9.05. The van der Waals surface area contributed by atoms with Crippen LogP contribution in [0.25, 0.3) is 0 Å². The highest BCUT2D eigenvalue weighted by Gasteiger charge is 2.29. The molecule has 0 atom stereocenters. The first kappa shape index (κ1) is 18.2. The molecule has 0 saturated carbocycles. The summed E-state index contributed by atoms with van der Waals surface area (Å²) in [5.74, 6) is -0.0226. The summed E-state index contributed by atoms with van der Waals surface area (Å²) in [6.45, 7) is 2.99. The van der Waals surface area contributed by atoms with Crippen LogP contribution in [-0.4, -0.2) is 62.4 Å². The van der Waals surface area contributed by atoms with Gasteiger partial charge in [0.1, 0.15) is 0 Å². The molecule has 1 amide bonds. The number of carbonyl (C=O) groups is 1. The van der Waals surface area contributed by atoms with Crippen LogP contribution in [0.5, 0.6) is 0 Å². The molecule has 1 aromatic carbocycles. The Morgan fingerprint density at radius 3 is 2.62 bits per heavy atom. The Balaban J connectivity index is 1.87. The van der Waals surface area contributed by atoms with E-state index in [1.807, 2.05) is 50.5 Å². The molecule has 2 aliphatic rings. The zero-order valence-corrected chi connectivity index (χ0v) is 15.4. The first-order valence-corrected chi connectivity index (χ1v) is 8.98. The summed E-state index contributed by atoms with van der Waals surface area (Å²) in [6, 6.07) is 9.59. The minimum Gasteiger partial charge on any atom is -0.378 e. The van der Waals surface area contributed by atoms with Crippen molar-refractivity contribution in [2.45, 2.75) is 12.8 Å². The van der Waals surface area contributed by atoms with Gasteiger partial charge in [-0.25, -0.2) is 0 Å². The van der Waals surface area contributed by atoms with Gasteiger partial charge in [-0.15, -0.1) is 0 Å². The quantitative estimate of drug-likeness (QED) is 0.652. The van der Waals surface area contributed by atoms with Crippen LogP contribution in [0.4, 0.5) is 5.69 Å². The number of benzene rings is 1. The summed E-state index contributed by atoms with van der Waals surface area (Å²) in [4.78, 5) is 15.2. The highest BCUT2D eigenvalue weighted by molar-refractivity contribution is 6.05. The first-order valence-electron chi connectivity index (χ1n) is 8.98. The Morgan fingerprint density at radius 1 is 1.19 bits per heavy atom. The number of amides is 1. The number of carbonyl (C=O) groups excluding carboxylic acids is 1. The largest absolute Gasteiger partial charge is 0.378 e. The van der Waals surface area contributed by atoms with Gasteiger partial charge in [0.2, 0.25) is 0 Å². The average molecular weight is 354 g/mol. The first-order chi connectivity index (χ1) is 12.6. The third kappa shape index (κ3) is 4.52. The van der Waals surface area contributed by atoms with E-state index in [4.69, 9.17) is 4.74 Å². The predicted molar refractivity (Wildman–Crippen MR) is 104 cm³/mol. The molecule has 1 heterocycles. The Labute approximate surface area is 154 Å². The Morgan fingerprint density at radius 2 is 1.92 bits per heavy atom. The van der Waals surface area contributed by atoms with Gasteiger partial charge in [-0.1, -0.05) is 18.2 Å². The molecular formula is C20H26N4O2. The van der Waals surface area contributed by atoms with Crippen LogP contribution >= 0.6 is 0 Å². The van der Waals surface area contributed by atoms with Crippen molar-refractivity contribution in [1.82, 2.24) is 9.91 Å². The number of nitrogens with zero attached hydrogens (tertiary/aromatic N) is 3. The fraction of sp³-hybridized carbons (Fsp3) is 0.400. The fourth-order valence-corrected chi connectivity index (χ4v) is 3.24. The van der Waals surface area contributed by atoms with Gasteiger partial charge in [0, 0.05) is 50.4 Å². The molecule has 0 unspecified atom stereocenters. The number of rotatable bonds is 5. The summed E-state index contributed by atoms with van der Waals surface area (Å²) in [5.41, 5.74) is 3.88. The molecule has 1 aromatic rings. The van der Waals surface area contributed by atoms with E-state index in [0.29, 0.717) is 13.2 Å². The second-order valence-corrected chi connectivity index (χ2v) is 6.55. The van der Waals surface area contributed by atoms with E-state index < -0.39 is 0 Å². The number of para-hydroxylation sites is 1. The molecule has 1 aliphatic carbocycles. The standard InChI is InChI=1S/C20H26N4O2/c1-23(2)21-11-10-16-8-9-18(19(16)24-12-14-26-15-13-24)20(25)22-17-6-4-3-5-7-17/h3-7,10-11H,8-9,12-15H2,1-2H3,(H,22,25)/b16-10+,21-11-. The van der Waals surface area contributed by atoms with E-state index in [9.17, 15) is 4.79 Å². The predicted octanol–water partition coefficient (Wildman–Crippen LogP) is 2.48. The maximum atomic E-state index is 12.9. The lowest BCUT2D eigenvalue weighted by atomic mass is 10.1. The van der Waals surface area contributed by atoms with E-state index >= 15 is 0 Å². The molecular weight excluding hydrogens is 328 g/mol. The minimum absolute atomic E-state index is 0.0226. The SMILES string of the molecule is CN(C)/N=C\C=C1/CCC(C(=O)Nc2ccccc2)=C1N1CCOCC1. The number of morpholine rings is 1. The van der Waals surface area contributed by atoms with Crippen molar-refractivity contribution in [3.63, 3.8) is 0 Å². The number of nitrogens with one attached hydrogen (secondary N) is 1. The summed E-state index contributed by atoms with van der Waals surface area (Å²) < 4.78 is 5.48. The van der Waals surface area contributed by atoms with E-state index in [0.717, 1.165) is 48.5 Å². The molecule has 1 saturated heterocycles. The molecule has 0 aromatic heterocycles. The molecule has 6 heteroatoms. The number of hydrogen-bond acceptors (Lipinski definition) is 5. The number of hydrazone groups is 1. The molecule has 1 aliphatic heterocycles. The van der Waals surface area contributed by atoms with Crippen LogP contribution in [-0.2, 0) is 9.53 Å². The van der Waals surface area contributed by atoms with Crippen LogP contribution in [0, 0.1) is 0 Å². The van der Waals surface area contributed by atoms with Crippen molar-refractivity contribution in [3.05, 3.63) is 53.3 Å². The van der Waals surface area contributed by atoms with E-state index in [-0.39, 0.29) is 5.91 Å². The third-order valence-electron chi connectivity index (χ3n) is 4.44. The van der Waals surface area contributed by atoms with Crippen molar-refractivity contribution in [2.24, 2.45) is 5.10 Å². The van der Waals surface area contributed by atoms with Crippen LogP contribution in [0.15, 0.2) is 58.4 Å². The van der Waals surface area contributed by atoms with E-state index in [2.05, 4.69) is 15.3 Å². The van der Waals surface area contributed by atoms with Gasteiger partial charge >= 0.3 is 0 Å². The second kappa shape index (κ2) is 8.67. The van der Waals surface area contributed by atoms with Gasteiger partial charge < -0.3 is 20.0 Å². The average Bonchev–Trinajstić information content (AvgIpc) is 3.07. The van der Waals surface area contributed by atoms with Gasteiger partial charge in [-0.3, -0.25) is 4.79 Å². The molecule has 138 valence electrons. The third-order valence-corrected chi connectivity index (χ3v) is 4.44. The van der Waals surface area contributed by atoms with E-state index in [1.165, 1.54) is 0 Å². The molecule has 0 bridgehead atoms. The summed E-state index contributed by atoms with van der Waals surface area (Å²) in [6.07, 6.45) is 5.41. The normalized spacial score (nSPS) is 19.5. The summed E-state index contributed by atoms with van der Waals surface area (Å²) in [7, 11) is 3.78. The highest BCUT2D eigenvalue weighted by atomic mass is 16.5. The van der Waals surface area contributed by atoms with Crippen molar-refractivity contribution in [1.29, 1.82) is 0 Å². The van der Waals surface area contributed by atoms with Crippen molar-refractivity contribution in [2.75, 3.05) is 45.7 Å². The Hall–Kier alpha value is -2.60. The molecule has 6 nitrogen and oxygen atoms in total. The maximum Gasteiger partial charge on any atom is 0.253 e. The number of ether oxygens (including phenoxy) is 1. The lowest BCUT2D eigenvalue weighted by Crippen LogP contribution is -2.36. The van der Waals surface area contributed by atoms with Gasteiger partial charge in [0.25, 0.3) is 5.91 Å². The monoisotopic (exact) mass is 354 g/mol. The smallest absolute Gasteiger partial charge is 0.253 e. The lowest BCUT2D eigenvalue weighted by Gasteiger charge is -2.31. The van der Waals surface area contributed by atoms with E-state index in [1.54, 1.807) is 11.2 Å². The topological polar surface area (TPSA) is 57.2 Å². The molecule has 1 N–H and O–H groups in total. The lowest BCUT2D eigenvalue weighted by molar-refractivity contribution is -0.113. The molecule has 0 spiro atoms.